The average Bonchev–Trinajstić information content (AvgIpc) is 3.11. The zero-order valence-corrected chi connectivity index (χ0v) is 42.1. The molecule has 320 valence electrons. The summed E-state index contributed by atoms with van der Waals surface area (Å²) in [6.45, 7) is 40.7. The van der Waals surface area contributed by atoms with E-state index in [1.165, 1.54) is 12.7 Å². The number of benzene rings is 1. The summed E-state index contributed by atoms with van der Waals surface area (Å²) in [6, 6.07) is 11.0. The molecule has 11 heteroatoms. The molecule has 0 spiro atoms. The number of hydrogen-bond acceptors (Lipinski definition) is 8. The topological polar surface area (TPSA) is 81.7 Å². The Morgan fingerprint density at radius 2 is 1.18 bits per heavy atom. The maximum atomic E-state index is 13.7. The van der Waals surface area contributed by atoms with Crippen molar-refractivity contribution in [3.05, 3.63) is 41.5 Å². The first-order chi connectivity index (χ1) is 25.2. The van der Waals surface area contributed by atoms with Gasteiger partial charge in [-0.05, 0) is 91.5 Å². The summed E-state index contributed by atoms with van der Waals surface area (Å²) in [6.07, 6.45) is 0.281. The van der Waals surface area contributed by atoms with E-state index in [2.05, 4.69) is 129 Å². The number of ether oxygens (including phenoxy) is 4. The maximum absolute atomic E-state index is 13.7. The Balaban J connectivity index is 3.86. The van der Waals surface area contributed by atoms with Crippen LogP contribution < -0.4 is 4.74 Å². The molecule has 0 saturated heterocycles. The van der Waals surface area contributed by atoms with Gasteiger partial charge in [0.15, 0.2) is 31.1 Å². The fourth-order valence-corrected chi connectivity index (χ4v) is 12.3. The minimum absolute atomic E-state index is 0.00951. The van der Waals surface area contributed by atoms with Crippen LogP contribution in [0.15, 0.2) is 35.9 Å². The van der Waals surface area contributed by atoms with Gasteiger partial charge in [-0.2, -0.15) is 0 Å². The van der Waals surface area contributed by atoms with Gasteiger partial charge < -0.3 is 32.2 Å². The smallest absolute Gasteiger partial charge is 0.336 e. The molecule has 0 aliphatic carbocycles. The molecule has 0 bridgehead atoms. The summed E-state index contributed by atoms with van der Waals surface area (Å²) in [5, 5.41) is -0.126. The van der Waals surface area contributed by atoms with Crippen molar-refractivity contribution in [3.8, 4) is 5.75 Å². The Morgan fingerprint density at radius 1 is 0.709 bits per heavy atom. The van der Waals surface area contributed by atoms with Gasteiger partial charge in [-0.1, -0.05) is 101 Å². The predicted molar refractivity (Wildman–Crippen MR) is 238 cm³/mol. The maximum Gasteiger partial charge on any atom is 0.336 e. The summed E-state index contributed by atoms with van der Waals surface area (Å²) in [5.41, 5.74) is 2.27. The van der Waals surface area contributed by atoms with Gasteiger partial charge in [-0.25, -0.2) is 4.79 Å². The lowest BCUT2D eigenvalue weighted by molar-refractivity contribution is -0.162. The highest BCUT2D eigenvalue weighted by Gasteiger charge is 2.50. The second kappa shape index (κ2) is 21.6. The lowest BCUT2D eigenvalue weighted by atomic mass is 9.82. The molecule has 0 heterocycles. The summed E-state index contributed by atoms with van der Waals surface area (Å²) in [5.74, 6) is 0.232. The van der Waals surface area contributed by atoms with Crippen LogP contribution in [0.1, 0.15) is 102 Å². The van der Waals surface area contributed by atoms with Crippen LogP contribution in [0.5, 0.6) is 5.75 Å². The zero-order chi connectivity index (χ0) is 42.7. The lowest BCUT2D eigenvalue weighted by Crippen LogP contribution is -2.57. The first-order valence-corrected chi connectivity index (χ1v) is 29.1. The molecule has 8 nitrogen and oxygen atoms in total. The number of carbonyl (C=O) groups is 1. The molecule has 0 aliphatic rings. The third kappa shape index (κ3) is 14.2. The Bertz CT molecular complexity index is 1310. The predicted octanol–water partition coefficient (Wildman–Crippen LogP) is 11.8. The molecule has 0 N–H and O–H groups in total. The second-order valence-corrected chi connectivity index (χ2v) is 33.2. The van der Waals surface area contributed by atoms with E-state index < -0.39 is 43.1 Å². The molecule has 1 rings (SSSR count). The molecule has 8 atom stereocenters. The minimum atomic E-state index is -2.41. The van der Waals surface area contributed by atoms with Gasteiger partial charge in [-0.3, -0.25) is 0 Å². The van der Waals surface area contributed by atoms with E-state index >= 15 is 0 Å². The standard InChI is InChI=1S/C44H84O8Si3/c1-22-55(23-2,24-3)52-39(34(7)40(47-16)41(42(45)48-17)51-54(20,21)44(12,13)14)33(6)38(50-53(18,19)43(9,10)11)32(5)29-31(4)35(8)49-30-36-25-27-37(46-15)28-26-36/h25-29,31,33-35,38-41H,22-24,30H2,1-21H3/b32-29+/t31-,33+,34+,35-,38-,39-,40-,41+/m0/s1. The van der Waals surface area contributed by atoms with Gasteiger partial charge in [0.1, 0.15) is 5.75 Å². The first kappa shape index (κ1) is 51.7. The molecule has 55 heavy (non-hydrogen) atoms. The van der Waals surface area contributed by atoms with Crippen LogP contribution in [0.2, 0.25) is 54.4 Å². The quantitative estimate of drug-likeness (QED) is 0.0613. The molecular formula is C44H84O8Si3. The van der Waals surface area contributed by atoms with Crippen LogP contribution in [0.3, 0.4) is 0 Å². The van der Waals surface area contributed by atoms with Gasteiger partial charge in [0.2, 0.25) is 0 Å². The number of esters is 1. The molecule has 0 radical (unpaired) electrons. The van der Waals surface area contributed by atoms with Crippen LogP contribution in [0, 0.1) is 17.8 Å². The molecule has 0 fully saturated rings. The molecule has 1 aromatic carbocycles. The number of hydrogen-bond donors (Lipinski definition) is 0. The Kier molecular flexibility index (Phi) is 20.3. The van der Waals surface area contributed by atoms with Crippen LogP contribution >= 0.6 is 0 Å². The van der Waals surface area contributed by atoms with Gasteiger partial charge in [0, 0.05) is 24.9 Å². The SMILES string of the molecule is CC[Si](CC)(CC)O[C@H]([C@@H](C)[C@H](OC)[C@@H](O[Si](C)(C)C(C)(C)C)C(=O)OC)[C@H](C)[C@@H](O[Si](C)(C)C(C)(C)C)/C(C)=C/[C@H](C)[C@H](C)OCc1ccc(OC)cc1. The van der Waals surface area contributed by atoms with Crippen molar-refractivity contribution in [3.63, 3.8) is 0 Å². The Morgan fingerprint density at radius 3 is 1.58 bits per heavy atom. The third-order valence-corrected chi connectivity index (χ3v) is 26.7. The van der Waals surface area contributed by atoms with Crippen molar-refractivity contribution in [1.29, 1.82) is 0 Å². The number of carbonyl (C=O) groups excluding carboxylic acids is 1. The van der Waals surface area contributed by atoms with Crippen molar-refractivity contribution in [1.82, 2.24) is 0 Å². The zero-order valence-electron chi connectivity index (χ0n) is 39.1. The highest BCUT2D eigenvalue weighted by atomic mass is 28.4. The van der Waals surface area contributed by atoms with Crippen molar-refractivity contribution < 1.29 is 37.0 Å². The Hall–Kier alpha value is -1.32. The highest BCUT2D eigenvalue weighted by Crippen LogP contribution is 2.43. The monoisotopic (exact) mass is 825 g/mol. The molecular weight excluding hydrogens is 741 g/mol. The van der Waals surface area contributed by atoms with E-state index in [-0.39, 0.29) is 46.1 Å². The van der Waals surface area contributed by atoms with E-state index in [9.17, 15) is 4.79 Å². The summed E-state index contributed by atoms with van der Waals surface area (Å²) >= 11 is 0. The van der Waals surface area contributed by atoms with Gasteiger partial charge in [0.25, 0.3) is 0 Å². The van der Waals surface area contributed by atoms with Crippen LogP contribution in [-0.4, -0.2) is 82.8 Å². The average molecular weight is 825 g/mol. The van der Waals surface area contributed by atoms with E-state index in [0.717, 1.165) is 29.4 Å². The normalized spacial score (nSPS) is 18.2. The van der Waals surface area contributed by atoms with Crippen LogP contribution in [0.4, 0.5) is 0 Å². The molecule has 0 aliphatic heterocycles. The second-order valence-electron chi connectivity index (χ2n) is 19.0. The van der Waals surface area contributed by atoms with Crippen LogP contribution in [-0.2, 0) is 38.9 Å². The molecule has 0 amide bonds. The summed E-state index contributed by atoms with van der Waals surface area (Å²) in [4.78, 5) is 13.7. The largest absolute Gasteiger partial charge is 0.497 e. The number of rotatable bonds is 23. The minimum Gasteiger partial charge on any atom is -0.497 e. The van der Waals surface area contributed by atoms with E-state index in [1.807, 2.05) is 24.3 Å². The van der Waals surface area contributed by atoms with E-state index in [0.29, 0.717) is 6.61 Å². The fourth-order valence-electron chi connectivity index (χ4n) is 6.67. The molecule has 0 unspecified atom stereocenters. The van der Waals surface area contributed by atoms with Gasteiger partial charge >= 0.3 is 5.97 Å². The molecule has 0 saturated carbocycles. The van der Waals surface area contributed by atoms with Crippen molar-refractivity contribution in [2.45, 2.75) is 188 Å². The van der Waals surface area contributed by atoms with E-state index in [1.54, 1.807) is 14.2 Å². The van der Waals surface area contributed by atoms with Crippen molar-refractivity contribution in [2.24, 2.45) is 17.8 Å². The molecule has 0 aromatic heterocycles. The van der Waals surface area contributed by atoms with Crippen molar-refractivity contribution >= 4 is 30.9 Å². The molecule has 1 aromatic rings. The number of methoxy groups -OCH3 is 3. The fraction of sp³-hybridized carbons (Fsp3) is 0.795. The Labute approximate surface area is 341 Å². The van der Waals surface area contributed by atoms with Gasteiger partial charge in [-0.15, -0.1) is 0 Å². The van der Waals surface area contributed by atoms with Gasteiger partial charge in [0.05, 0.1) is 45.2 Å². The van der Waals surface area contributed by atoms with Crippen molar-refractivity contribution in [2.75, 3.05) is 21.3 Å². The van der Waals surface area contributed by atoms with Crippen LogP contribution in [0.25, 0.3) is 0 Å². The summed E-state index contributed by atoms with van der Waals surface area (Å²) in [7, 11) is -2.09. The third-order valence-electron chi connectivity index (χ3n) is 13.2. The summed E-state index contributed by atoms with van der Waals surface area (Å²) < 4.78 is 45.4. The highest BCUT2D eigenvalue weighted by molar-refractivity contribution is 6.75. The van der Waals surface area contributed by atoms with E-state index in [4.69, 9.17) is 32.2 Å². The first-order valence-electron chi connectivity index (χ1n) is 20.8. The lowest BCUT2D eigenvalue weighted by Gasteiger charge is -2.47.